The highest BCUT2D eigenvalue weighted by Crippen LogP contribution is 2.31. The summed E-state index contributed by atoms with van der Waals surface area (Å²) in [5.74, 6) is 0.193. The third kappa shape index (κ3) is 3.87. The maximum absolute atomic E-state index is 15.4. The first-order chi connectivity index (χ1) is 15.6. The molecular formula is C23H18FN7S. The van der Waals surface area contributed by atoms with Crippen LogP contribution in [0.2, 0.25) is 0 Å². The summed E-state index contributed by atoms with van der Waals surface area (Å²) in [7, 11) is 0. The second-order valence-corrected chi connectivity index (χ2v) is 7.70. The van der Waals surface area contributed by atoms with Crippen LogP contribution in [0.25, 0.3) is 32.7 Å². The lowest BCUT2D eigenvalue weighted by atomic mass is 10.0. The topological polar surface area (TPSA) is 119 Å². The summed E-state index contributed by atoms with van der Waals surface area (Å²) in [6.45, 7) is 0. The van der Waals surface area contributed by atoms with E-state index >= 15 is 4.39 Å². The van der Waals surface area contributed by atoms with E-state index < -0.39 is 5.82 Å². The van der Waals surface area contributed by atoms with Crippen molar-refractivity contribution in [2.45, 2.75) is 6.42 Å². The van der Waals surface area contributed by atoms with E-state index in [0.717, 1.165) is 16.0 Å². The minimum atomic E-state index is -0.471. The fourth-order valence-corrected chi connectivity index (χ4v) is 4.12. The molecule has 158 valence electrons. The molecule has 0 radical (unpaired) electrons. The van der Waals surface area contributed by atoms with Crippen LogP contribution in [0.5, 0.6) is 0 Å². The van der Waals surface area contributed by atoms with Crippen molar-refractivity contribution in [3.63, 3.8) is 0 Å². The Morgan fingerprint density at radius 1 is 1.06 bits per heavy atom. The third-order valence-electron chi connectivity index (χ3n) is 4.79. The van der Waals surface area contributed by atoms with Crippen molar-refractivity contribution >= 4 is 34.0 Å². The molecule has 0 atom stereocenters. The number of nitrogen functional groups attached to an aromatic ring is 2. The molecule has 0 amide bonds. The van der Waals surface area contributed by atoms with Gasteiger partial charge in [0.25, 0.3) is 0 Å². The predicted molar refractivity (Wildman–Crippen MR) is 126 cm³/mol. The van der Waals surface area contributed by atoms with E-state index in [0.29, 0.717) is 22.7 Å². The molecule has 5 aromatic heterocycles. The van der Waals surface area contributed by atoms with Gasteiger partial charge in [0.05, 0.1) is 11.2 Å². The van der Waals surface area contributed by atoms with E-state index in [1.165, 1.54) is 18.6 Å². The molecule has 0 unspecified atom stereocenters. The molecule has 0 aromatic carbocycles. The van der Waals surface area contributed by atoms with Crippen LogP contribution >= 0.6 is 11.3 Å². The largest absolute Gasteiger partial charge is 0.397 e. The monoisotopic (exact) mass is 443 g/mol. The standard InChI is InChI=1S/C21H16FN7S.C2H2/c22-18-14(20(24)27-10-15(18)11-6-12(23)9-25-8-11)7-17-28-19-13(16-2-1-5-30-16)3-4-26-21(19)29-17;1-2/h1-6,8-10H,7,23H2,(H2,24,27)(H,26,28,29);1-2H. The van der Waals surface area contributed by atoms with Gasteiger partial charge in [0.2, 0.25) is 0 Å². The van der Waals surface area contributed by atoms with E-state index in [2.05, 4.69) is 37.8 Å². The summed E-state index contributed by atoms with van der Waals surface area (Å²) in [6, 6.07) is 7.60. The average Bonchev–Trinajstić information content (AvgIpc) is 3.47. The number of H-pyrrole nitrogens is 1. The number of hydrogen-bond acceptors (Lipinski definition) is 7. The molecule has 5 aromatic rings. The van der Waals surface area contributed by atoms with Gasteiger partial charge in [-0.25, -0.2) is 19.3 Å². The SMILES string of the molecule is C#C.Nc1cncc(-c2cnc(N)c(Cc3nc4nccc(-c5cccs5)c4[nH]3)c2F)c1. The zero-order valence-electron chi connectivity index (χ0n) is 16.8. The minimum Gasteiger partial charge on any atom is -0.397 e. The van der Waals surface area contributed by atoms with E-state index in [4.69, 9.17) is 11.5 Å². The van der Waals surface area contributed by atoms with Gasteiger partial charge in [-0.3, -0.25) is 4.98 Å². The number of fused-ring (bicyclic) bond motifs is 1. The Morgan fingerprint density at radius 2 is 1.91 bits per heavy atom. The van der Waals surface area contributed by atoms with Crippen molar-refractivity contribution in [1.29, 1.82) is 0 Å². The van der Waals surface area contributed by atoms with E-state index in [1.807, 2.05) is 23.6 Å². The highest BCUT2D eigenvalue weighted by atomic mass is 32.1. The number of anilines is 2. The summed E-state index contributed by atoms with van der Waals surface area (Å²) >= 11 is 1.63. The number of pyridine rings is 3. The Morgan fingerprint density at radius 3 is 2.66 bits per heavy atom. The number of nitrogens with two attached hydrogens (primary N) is 2. The smallest absolute Gasteiger partial charge is 0.178 e. The Kier molecular flexibility index (Phi) is 5.79. The zero-order valence-corrected chi connectivity index (χ0v) is 17.6. The number of terminal acetylenes is 1. The van der Waals surface area contributed by atoms with Crippen LogP contribution in [-0.2, 0) is 6.42 Å². The number of aromatic amines is 1. The molecule has 0 bridgehead atoms. The molecule has 9 heteroatoms. The molecule has 0 saturated carbocycles. The first-order valence-corrected chi connectivity index (χ1v) is 10.3. The van der Waals surface area contributed by atoms with Gasteiger partial charge in [-0.1, -0.05) is 6.07 Å². The van der Waals surface area contributed by atoms with Gasteiger partial charge < -0.3 is 16.5 Å². The molecule has 0 aliphatic heterocycles. The van der Waals surface area contributed by atoms with Gasteiger partial charge in [0.15, 0.2) is 5.65 Å². The van der Waals surface area contributed by atoms with Crippen LogP contribution in [0, 0.1) is 18.7 Å². The predicted octanol–water partition coefficient (Wildman–Crippen LogP) is 4.29. The molecule has 5 heterocycles. The Labute approximate surface area is 187 Å². The maximum Gasteiger partial charge on any atom is 0.178 e. The van der Waals surface area contributed by atoms with Crippen LogP contribution in [0.3, 0.4) is 0 Å². The van der Waals surface area contributed by atoms with E-state index in [-0.39, 0.29) is 23.4 Å². The van der Waals surface area contributed by atoms with Gasteiger partial charge in [-0.15, -0.1) is 24.2 Å². The number of hydrogen-bond donors (Lipinski definition) is 3. The first-order valence-electron chi connectivity index (χ1n) is 9.44. The van der Waals surface area contributed by atoms with Crippen LogP contribution in [0.15, 0.2) is 54.4 Å². The van der Waals surface area contributed by atoms with Crippen LogP contribution in [-0.4, -0.2) is 24.9 Å². The third-order valence-corrected chi connectivity index (χ3v) is 5.69. The maximum atomic E-state index is 15.4. The van der Waals surface area contributed by atoms with Crippen molar-refractivity contribution in [3.05, 3.63) is 71.6 Å². The van der Waals surface area contributed by atoms with Crippen LogP contribution in [0.4, 0.5) is 15.9 Å². The molecule has 0 aliphatic carbocycles. The van der Waals surface area contributed by atoms with Crippen molar-refractivity contribution < 1.29 is 4.39 Å². The Balaban J connectivity index is 0.00000119. The molecule has 0 saturated heterocycles. The second kappa shape index (κ2) is 8.83. The lowest BCUT2D eigenvalue weighted by Gasteiger charge is -2.10. The van der Waals surface area contributed by atoms with Gasteiger partial charge in [0.1, 0.15) is 17.5 Å². The number of thiophene rings is 1. The van der Waals surface area contributed by atoms with Crippen LogP contribution < -0.4 is 11.5 Å². The fraction of sp³-hybridized carbons (Fsp3) is 0.0435. The summed E-state index contributed by atoms with van der Waals surface area (Å²) < 4.78 is 15.4. The van der Waals surface area contributed by atoms with Crippen molar-refractivity contribution in [3.8, 4) is 34.4 Å². The lowest BCUT2D eigenvalue weighted by molar-refractivity contribution is 0.614. The summed E-state index contributed by atoms with van der Waals surface area (Å²) in [5, 5.41) is 2.01. The molecule has 7 nitrogen and oxygen atoms in total. The van der Waals surface area contributed by atoms with Crippen molar-refractivity contribution in [2.24, 2.45) is 0 Å². The summed E-state index contributed by atoms with van der Waals surface area (Å²) in [4.78, 5) is 21.4. The number of aromatic nitrogens is 5. The first kappa shape index (κ1) is 21.0. The average molecular weight is 444 g/mol. The lowest BCUT2D eigenvalue weighted by Crippen LogP contribution is -2.05. The van der Waals surface area contributed by atoms with E-state index in [9.17, 15) is 0 Å². The van der Waals surface area contributed by atoms with Crippen molar-refractivity contribution in [2.75, 3.05) is 11.5 Å². The Bertz CT molecular complexity index is 1410. The van der Waals surface area contributed by atoms with Crippen molar-refractivity contribution in [1.82, 2.24) is 24.9 Å². The number of halogens is 1. The number of rotatable bonds is 4. The van der Waals surface area contributed by atoms with E-state index in [1.54, 1.807) is 23.6 Å². The molecule has 0 aliphatic rings. The minimum absolute atomic E-state index is 0.111. The zero-order chi connectivity index (χ0) is 22.7. The van der Waals surface area contributed by atoms with Crippen LogP contribution in [0.1, 0.15) is 11.4 Å². The van der Waals surface area contributed by atoms with Gasteiger partial charge in [-0.2, -0.15) is 0 Å². The normalized spacial score (nSPS) is 10.6. The number of nitrogens with zero attached hydrogens (tertiary/aromatic N) is 4. The second-order valence-electron chi connectivity index (χ2n) is 6.75. The van der Waals surface area contributed by atoms with Gasteiger partial charge in [-0.05, 0) is 23.6 Å². The fourth-order valence-electron chi connectivity index (χ4n) is 3.37. The van der Waals surface area contributed by atoms with Gasteiger partial charge in [0, 0.05) is 58.3 Å². The highest BCUT2D eigenvalue weighted by molar-refractivity contribution is 7.13. The van der Waals surface area contributed by atoms with Gasteiger partial charge >= 0.3 is 0 Å². The molecule has 5 N–H and O–H groups in total. The molecule has 32 heavy (non-hydrogen) atoms. The molecule has 0 fully saturated rings. The highest BCUT2D eigenvalue weighted by Gasteiger charge is 2.18. The number of imidazole rings is 1. The molecule has 0 spiro atoms. The number of nitrogens with one attached hydrogen (secondary N) is 1. The Hall–Kier alpha value is -4.29. The summed E-state index contributed by atoms with van der Waals surface area (Å²) in [5.41, 5.74) is 15.7. The molecule has 5 rings (SSSR count). The molecular weight excluding hydrogens is 425 g/mol. The summed E-state index contributed by atoms with van der Waals surface area (Å²) in [6.07, 6.45) is 14.3. The quantitative estimate of drug-likeness (QED) is 0.357.